The lowest BCUT2D eigenvalue weighted by molar-refractivity contribution is -0.138. The molecule has 3 N–H and O–H groups in total. The van der Waals surface area contributed by atoms with Gasteiger partial charge >= 0.3 is 6.18 Å². The number of benzene rings is 1. The Morgan fingerprint density at radius 3 is 2.68 bits per heavy atom. The number of nitrogens with zero attached hydrogens (tertiary/aromatic N) is 5. The highest BCUT2D eigenvalue weighted by Crippen LogP contribution is 2.36. The fraction of sp³-hybridized carbons (Fsp3) is 0.300. The molecule has 0 saturated carbocycles. The molecule has 1 unspecified atom stereocenters. The molecule has 1 fully saturated rings. The van der Waals surface area contributed by atoms with Gasteiger partial charge in [0.25, 0.3) is 11.8 Å². The summed E-state index contributed by atoms with van der Waals surface area (Å²) < 4.78 is 67.2. The van der Waals surface area contributed by atoms with Crippen molar-refractivity contribution < 1.29 is 26.7 Å². The van der Waals surface area contributed by atoms with Gasteiger partial charge in [-0.1, -0.05) is 0 Å². The SMILES string of the molecule is N#Cc1ccc(N/N=C\C=N)c(C(=O)N2CCC(F)(F)C2CNc2ncc(C(F)(F)F)cn2)c1. The Kier molecular flexibility index (Phi) is 7.04. The zero-order valence-electron chi connectivity index (χ0n) is 17.3. The molecule has 34 heavy (non-hydrogen) atoms. The Labute approximate surface area is 189 Å². The van der Waals surface area contributed by atoms with E-state index in [9.17, 15) is 26.7 Å². The zero-order chi connectivity index (χ0) is 24.9. The fourth-order valence-electron chi connectivity index (χ4n) is 3.26. The molecule has 1 saturated heterocycles. The molecule has 9 nitrogen and oxygen atoms in total. The number of aromatic nitrogens is 2. The van der Waals surface area contributed by atoms with Crippen molar-refractivity contribution in [2.45, 2.75) is 24.6 Å². The average molecular weight is 480 g/mol. The smallest absolute Gasteiger partial charge is 0.352 e. The maximum atomic E-state index is 14.6. The molecule has 0 radical (unpaired) electrons. The highest BCUT2D eigenvalue weighted by molar-refractivity contribution is 6.14. The summed E-state index contributed by atoms with van der Waals surface area (Å²) in [5, 5.41) is 22.3. The number of anilines is 2. The first-order chi connectivity index (χ1) is 16.1. The number of rotatable bonds is 7. The summed E-state index contributed by atoms with van der Waals surface area (Å²) in [7, 11) is 0. The Bertz CT molecular complexity index is 1130. The van der Waals surface area contributed by atoms with E-state index in [4.69, 9.17) is 10.7 Å². The molecule has 0 aliphatic carbocycles. The molecule has 2 heterocycles. The number of alkyl halides is 5. The normalized spacial score (nSPS) is 17.4. The van der Waals surface area contributed by atoms with E-state index in [0.29, 0.717) is 12.4 Å². The second-order valence-corrected chi connectivity index (χ2v) is 7.13. The largest absolute Gasteiger partial charge is 0.419 e. The van der Waals surface area contributed by atoms with E-state index in [-0.39, 0.29) is 29.3 Å². The minimum absolute atomic E-state index is 0.0883. The van der Waals surface area contributed by atoms with Crippen molar-refractivity contribution in [3.05, 3.63) is 47.3 Å². The maximum Gasteiger partial charge on any atom is 0.419 e. The third-order valence-corrected chi connectivity index (χ3v) is 4.96. The number of carbonyl (C=O) groups excluding carboxylic acids is 1. The van der Waals surface area contributed by atoms with Gasteiger partial charge in [-0.2, -0.15) is 23.5 Å². The van der Waals surface area contributed by atoms with E-state index >= 15 is 0 Å². The van der Waals surface area contributed by atoms with Gasteiger partial charge in [0.2, 0.25) is 5.95 Å². The van der Waals surface area contributed by atoms with Crippen molar-refractivity contribution in [3.8, 4) is 6.07 Å². The molecule has 1 aromatic heterocycles. The lowest BCUT2D eigenvalue weighted by atomic mass is 10.1. The van der Waals surface area contributed by atoms with E-state index in [0.717, 1.165) is 17.3 Å². The van der Waals surface area contributed by atoms with Crippen molar-refractivity contribution in [1.82, 2.24) is 14.9 Å². The summed E-state index contributed by atoms with van der Waals surface area (Å²) in [5.74, 6) is -4.41. The Balaban J connectivity index is 1.83. The van der Waals surface area contributed by atoms with E-state index in [2.05, 4.69) is 25.8 Å². The van der Waals surface area contributed by atoms with Gasteiger partial charge in [0.15, 0.2) is 0 Å². The topological polar surface area (TPSA) is 130 Å². The average Bonchev–Trinajstić information content (AvgIpc) is 3.11. The number of hydrogen-bond donors (Lipinski definition) is 3. The molecule has 1 amide bonds. The van der Waals surface area contributed by atoms with Crippen LogP contribution in [-0.2, 0) is 6.18 Å². The molecule has 2 aromatic rings. The molecule has 0 spiro atoms. The van der Waals surface area contributed by atoms with Gasteiger partial charge in [0.05, 0.1) is 34.7 Å². The predicted molar refractivity (Wildman–Crippen MR) is 112 cm³/mol. The summed E-state index contributed by atoms with van der Waals surface area (Å²) in [5.41, 5.74) is 1.59. The van der Waals surface area contributed by atoms with Gasteiger partial charge < -0.3 is 15.6 Å². The van der Waals surface area contributed by atoms with Gasteiger partial charge in [0, 0.05) is 38.1 Å². The van der Waals surface area contributed by atoms with Crippen LogP contribution in [0, 0.1) is 16.7 Å². The molecule has 1 aliphatic heterocycles. The molecule has 1 atom stereocenters. The van der Waals surface area contributed by atoms with Crippen molar-refractivity contribution in [2.24, 2.45) is 5.10 Å². The minimum atomic E-state index is -4.65. The van der Waals surface area contributed by atoms with Crippen LogP contribution in [0.15, 0.2) is 35.7 Å². The number of likely N-dealkylation sites (tertiary alicyclic amines) is 1. The van der Waals surface area contributed by atoms with Crippen molar-refractivity contribution in [2.75, 3.05) is 23.8 Å². The van der Waals surface area contributed by atoms with Crippen LogP contribution in [0.3, 0.4) is 0 Å². The van der Waals surface area contributed by atoms with Crippen LogP contribution in [0.5, 0.6) is 0 Å². The van der Waals surface area contributed by atoms with Gasteiger partial charge in [-0.05, 0) is 18.2 Å². The monoisotopic (exact) mass is 480 g/mol. The Morgan fingerprint density at radius 1 is 1.35 bits per heavy atom. The predicted octanol–water partition coefficient (Wildman–Crippen LogP) is 3.38. The van der Waals surface area contributed by atoms with E-state index in [1.807, 2.05) is 6.07 Å². The third-order valence-electron chi connectivity index (χ3n) is 4.96. The fourth-order valence-corrected chi connectivity index (χ4v) is 3.26. The molecule has 3 rings (SSSR count). The van der Waals surface area contributed by atoms with Crippen molar-refractivity contribution in [3.63, 3.8) is 0 Å². The number of hydrazone groups is 1. The minimum Gasteiger partial charge on any atom is -0.352 e. The van der Waals surface area contributed by atoms with Crippen LogP contribution >= 0.6 is 0 Å². The zero-order valence-corrected chi connectivity index (χ0v) is 17.3. The van der Waals surface area contributed by atoms with Crippen LogP contribution < -0.4 is 10.7 Å². The third kappa shape index (κ3) is 5.42. The highest BCUT2D eigenvalue weighted by atomic mass is 19.4. The molecular weight excluding hydrogens is 463 g/mol. The first-order valence-electron chi connectivity index (χ1n) is 9.71. The molecule has 1 aliphatic rings. The first-order valence-corrected chi connectivity index (χ1v) is 9.71. The lowest BCUT2D eigenvalue weighted by Crippen LogP contribution is -2.47. The quantitative estimate of drug-likeness (QED) is 0.317. The van der Waals surface area contributed by atoms with Crippen LogP contribution in [0.2, 0.25) is 0 Å². The van der Waals surface area contributed by atoms with Crippen LogP contribution in [0.1, 0.15) is 27.9 Å². The van der Waals surface area contributed by atoms with Gasteiger partial charge in [-0.15, -0.1) is 0 Å². The first kappa shape index (κ1) is 24.5. The molecule has 178 valence electrons. The summed E-state index contributed by atoms with van der Waals surface area (Å²) in [4.78, 5) is 21.1. The van der Waals surface area contributed by atoms with Crippen LogP contribution in [-0.4, -0.2) is 58.3 Å². The second-order valence-electron chi connectivity index (χ2n) is 7.13. The summed E-state index contributed by atoms with van der Waals surface area (Å²) in [6.07, 6.45) is -2.27. The standard InChI is InChI=1S/C20H17F5N8O/c21-19(22)3-6-33(16(19)11-30-18-28-9-13(10-29-18)20(23,24)25)17(34)14-7-12(8-27)1-2-15(14)32-31-5-4-26/h1-2,4-5,7,9-10,16,26,32H,3,6,11H2,(H,28,29,30)/b26-4?,31-5-. The molecular formula is C20H17F5N8O. The van der Waals surface area contributed by atoms with Crippen LogP contribution in [0.25, 0.3) is 0 Å². The summed E-state index contributed by atoms with van der Waals surface area (Å²) >= 11 is 0. The number of carbonyl (C=O) groups is 1. The number of halogens is 5. The highest BCUT2D eigenvalue weighted by Gasteiger charge is 2.51. The number of nitriles is 1. The number of amides is 1. The van der Waals surface area contributed by atoms with E-state index in [1.165, 1.54) is 18.2 Å². The van der Waals surface area contributed by atoms with Crippen molar-refractivity contribution >= 4 is 30.0 Å². The molecule has 1 aromatic carbocycles. The molecule has 0 bridgehead atoms. The van der Waals surface area contributed by atoms with Gasteiger partial charge in [-0.25, -0.2) is 18.7 Å². The number of hydrogen-bond acceptors (Lipinski definition) is 8. The van der Waals surface area contributed by atoms with E-state index in [1.54, 1.807) is 0 Å². The van der Waals surface area contributed by atoms with Gasteiger partial charge in [-0.3, -0.25) is 10.2 Å². The van der Waals surface area contributed by atoms with Crippen LogP contribution in [0.4, 0.5) is 33.6 Å². The van der Waals surface area contributed by atoms with Crippen molar-refractivity contribution in [1.29, 1.82) is 10.7 Å². The number of nitrogens with one attached hydrogen (secondary N) is 3. The lowest BCUT2D eigenvalue weighted by Gasteiger charge is -2.28. The van der Waals surface area contributed by atoms with Gasteiger partial charge in [0.1, 0.15) is 6.04 Å². The Hall–Kier alpha value is -4.15. The second kappa shape index (κ2) is 9.77. The summed E-state index contributed by atoms with van der Waals surface area (Å²) in [6, 6.07) is 4.22. The Morgan fingerprint density at radius 2 is 2.06 bits per heavy atom. The maximum absolute atomic E-state index is 14.6. The summed E-state index contributed by atoms with van der Waals surface area (Å²) in [6.45, 7) is -0.831. The van der Waals surface area contributed by atoms with E-state index < -0.39 is 42.6 Å². The molecule has 14 heteroatoms.